The van der Waals surface area contributed by atoms with Crippen LogP contribution in [-0.4, -0.2) is 83.0 Å². The van der Waals surface area contributed by atoms with E-state index in [1.165, 1.54) is 10.6 Å². The molecule has 4 N–H and O–H groups in total. The normalized spacial score (nSPS) is 21.9. The molecule has 1 saturated heterocycles. The Morgan fingerprint density at radius 2 is 1.85 bits per heavy atom. The summed E-state index contributed by atoms with van der Waals surface area (Å²) in [7, 11) is -1.41. The summed E-state index contributed by atoms with van der Waals surface area (Å²) < 4.78 is 24.7. The van der Waals surface area contributed by atoms with Gasteiger partial charge in [0.1, 0.15) is 5.60 Å². The molecule has 0 atom stereocenters. The molecule has 0 aromatic heterocycles. The zero-order valence-electron chi connectivity index (χ0n) is 16.3. The fourth-order valence-electron chi connectivity index (χ4n) is 3.14. The van der Waals surface area contributed by atoms with Crippen molar-refractivity contribution in [1.29, 1.82) is 5.41 Å². The molecule has 154 valence electrons. The molecule has 27 heavy (non-hydrogen) atoms. The summed E-state index contributed by atoms with van der Waals surface area (Å²) in [6.07, 6.45) is 4.43. The molecule has 2 rings (SSSR count). The van der Waals surface area contributed by atoms with Crippen LogP contribution in [0.5, 0.6) is 0 Å². The Morgan fingerprint density at radius 3 is 2.30 bits per heavy atom. The molecule has 1 amide bonds. The highest BCUT2D eigenvalue weighted by Gasteiger charge is 2.44. The van der Waals surface area contributed by atoms with Crippen LogP contribution in [0.3, 0.4) is 0 Å². The summed E-state index contributed by atoms with van der Waals surface area (Å²) in [5.41, 5.74) is -2.27. The molecule has 0 spiro atoms. The van der Waals surface area contributed by atoms with Gasteiger partial charge < -0.3 is 15.6 Å². The van der Waals surface area contributed by atoms with Crippen LogP contribution in [0.25, 0.3) is 0 Å². The predicted molar refractivity (Wildman–Crippen MR) is 102 cm³/mol. The molecule has 1 aliphatic heterocycles. The Hall–Kier alpha value is -1.49. The van der Waals surface area contributed by atoms with E-state index in [1.807, 2.05) is 4.90 Å². The maximum atomic E-state index is 12.6. The zero-order chi connectivity index (χ0) is 20.6. The van der Waals surface area contributed by atoms with Gasteiger partial charge in [0.15, 0.2) is 5.88 Å². The van der Waals surface area contributed by atoms with Crippen molar-refractivity contribution in [3.63, 3.8) is 0 Å². The van der Waals surface area contributed by atoms with Crippen molar-refractivity contribution in [3.8, 4) is 0 Å². The Morgan fingerprint density at radius 1 is 1.33 bits per heavy atom. The number of hydrogen-bond acceptors (Lipinski definition) is 7. The molecule has 2 fully saturated rings. The highest BCUT2D eigenvalue weighted by molar-refractivity contribution is 7.88. The largest absolute Gasteiger partial charge is 0.494 e. The molecule has 0 radical (unpaired) electrons. The van der Waals surface area contributed by atoms with Crippen LogP contribution in [0.4, 0.5) is 0 Å². The van der Waals surface area contributed by atoms with Crippen LogP contribution in [0.15, 0.2) is 12.0 Å². The van der Waals surface area contributed by atoms with E-state index in [0.29, 0.717) is 38.8 Å². The number of likely N-dealkylation sites (N-methyl/N-ethyl adjacent to an activating group) is 1. The molecule has 1 saturated carbocycles. The number of nitrogens with one attached hydrogen (secondary N) is 2. The molecule has 2 aliphatic rings. The number of nitrogens with zero attached hydrogens (tertiary/aromatic N) is 2. The van der Waals surface area contributed by atoms with Crippen LogP contribution in [-0.2, 0) is 14.8 Å². The van der Waals surface area contributed by atoms with Gasteiger partial charge in [0, 0.05) is 25.2 Å². The van der Waals surface area contributed by atoms with E-state index < -0.39 is 33.0 Å². The lowest BCUT2D eigenvalue weighted by atomic mass is 9.95. The number of rotatable bonds is 7. The smallest absolute Gasteiger partial charge is 0.246 e. The summed E-state index contributed by atoms with van der Waals surface area (Å²) in [5, 5.41) is 29.9. The van der Waals surface area contributed by atoms with Gasteiger partial charge in [0.25, 0.3) is 0 Å². The van der Waals surface area contributed by atoms with Crippen molar-refractivity contribution >= 4 is 21.6 Å². The quantitative estimate of drug-likeness (QED) is 0.355. The molecule has 0 unspecified atom stereocenters. The first-order valence-electron chi connectivity index (χ1n) is 8.99. The number of amides is 1. The van der Waals surface area contributed by atoms with E-state index >= 15 is 0 Å². The van der Waals surface area contributed by atoms with Crippen LogP contribution < -0.4 is 5.32 Å². The van der Waals surface area contributed by atoms with Crippen molar-refractivity contribution in [3.05, 3.63) is 12.0 Å². The number of sulfonamides is 1. The maximum absolute atomic E-state index is 12.6. The fraction of sp³-hybridized carbons (Fsp3) is 0.765. The molecule has 9 nitrogen and oxygen atoms in total. The van der Waals surface area contributed by atoms with Gasteiger partial charge in [0.05, 0.1) is 17.5 Å². The van der Waals surface area contributed by atoms with Crippen molar-refractivity contribution in [1.82, 2.24) is 14.5 Å². The lowest BCUT2D eigenvalue weighted by Gasteiger charge is -2.43. The molecule has 0 aromatic carbocycles. The molecule has 0 bridgehead atoms. The van der Waals surface area contributed by atoms with E-state index in [1.54, 1.807) is 20.9 Å². The van der Waals surface area contributed by atoms with Crippen molar-refractivity contribution < 1.29 is 23.4 Å². The van der Waals surface area contributed by atoms with Gasteiger partial charge in [-0.15, -0.1) is 0 Å². The second kappa shape index (κ2) is 7.50. The van der Waals surface area contributed by atoms with Gasteiger partial charge in [-0.1, -0.05) is 0 Å². The highest BCUT2D eigenvalue weighted by Crippen LogP contribution is 2.36. The first-order valence-corrected chi connectivity index (χ1v) is 10.8. The molecule has 1 aliphatic carbocycles. The van der Waals surface area contributed by atoms with Crippen molar-refractivity contribution in [2.45, 2.75) is 56.7 Å². The number of carbonyl (C=O) groups excluding carboxylic acids is 1. The maximum Gasteiger partial charge on any atom is 0.246 e. The Balaban J connectivity index is 1.96. The van der Waals surface area contributed by atoms with Gasteiger partial charge >= 0.3 is 0 Å². The van der Waals surface area contributed by atoms with E-state index in [0.717, 1.165) is 6.08 Å². The monoisotopic (exact) mass is 402 g/mol. The molecule has 10 heteroatoms. The van der Waals surface area contributed by atoms with Crippen molar-refractivity contribution in [2.24, 2.45) is 0 Å². The van der Waals surface area contributed by atoms with Crippen LogP contribution in [0.1, 0.15) is 39.5 Å². The molecular weight excluding hydrogens is 372 g/mol. The summed E-state index contributed by atoms with van der Waals surface area (Å²) in [6.45, 7) is 4.26. The topological polar surface area (TPSA) is 134 Å². The summed E-state index contributed by atoms with van der Waals surface area (Å²) in [5.74, 6) is -0.918. The zero-order valence-corrected chi connectivity index (χ0v) is 17.1. The minimum atomic E-state index is -3.21. The first kappa shape index (κ1) is 21.8. The van der Waals surface area contributed by atoms with E-state index in [4.69, 9.17) is 5.41 Å². The third-order valence-electron chi connectivity index (χ3n) is 5.63. The third-order valence-corrected chi connectivity index (χ3v) is 6.93. The van der Waals surface area contributed by atoms with E-state index in [-0.39, 0.29) is 11.8 Å². The van der Waals surface area contributed by atoms with Crippen molar-refractivity contribution in [2.75, 3.05) is 26.4 Å². The van der Waals surface area contributed by atoms with Gasteiger partial charge in [-0.25, -0.2) is 12.7 Å². The van der Waals surface area contributed by atoms with E-state index in [9.17, 15) is 23.4 Å². The van der Waals surface area contributed by atoms with Gasteiger partial charge in [-0.3, -0.25) is 15.0 Å². The van der Waals surface area contributed by atoms with Gasteiger partial charge in [0.2, 0.25) is 15.9 Å². The Kier molecular flexibility index (Phi) is 6.05. The SMILES string of the molecule is CN(C1CCN(S(C)(=O)=O)CC1)C(C)(C)C(=O)N/C(O)=C/C(=N)C1(O)CC1. The third kappa shape index (κ3) is 5.07. The van der Waals surface area contributed by atoms with Crippen LogP contribution >= 0.6 is 0 Å². The Labute approximate surface area is 160 Å². The molecular formula is C17H30N4O5S. The minimum absolute atomic E-state index is 0.0281. The number of carbonyl (C=O) groups is 1. The molecule has 0 aromatic rings. The second-order valence-electron chi connectivity index (χ2n) is 7.99. The van der Waals surface area contributed by atoms with Gasteiger partial charge in [-0.05, 0) is 46.6 Å². The number of aliphatic hydroxyl groups is 2. The van der Waals surface area contributed by atoms with Gasteiger partial charge in [-0.2, -0.15) is 0 Å². The summed E-state index contributed by atoms with van der Waals surface area (Å²) in [6, 6.07) is 0.0281. The fourth-order valence-corrected chi connectivity index (χ4v) is 4.02. The lowest BCUT2D eigenvalue weighted by molar-refractivity contribution is -0.132. The number of hydrogen-bond donors (Lipinski definition) is 4. The predicted octanol–water partition coefficient (Wildman–Crippen LogP) is 0.181. The van der Waals surface area contributed by atoms with Crippen LogP contribution in [0, 0.1) is 5.41 Å². The van der Waals surface area contributed by atoms with E-state index in [2.05, 4.69) is 5.32 Å². The number of aliphatic hydroxyl groups excluding tert-OH is 1. The Bertz CT molecular complexity index is 734. The first-order chi connectivity index (χ1) is 12.3. The summed E-state index contributed by atoms with van der Waals surface area (Å²) >= 11 is 0. The summed E-state index contributed by atoms with van der Waals surface area (Å²) in [4.78, 5) is 14.5. The lowest BCUT2D eigenvalue weighted by Crippen LogP contribution is -2.58. The standard InChI is InChI=1S/C17H30N4O5S/c1-16(2,15(23)19-14(22)11-13(18)17(24)7-8-17)20(3)12-5-9-21(10-6-12)27(4,25)26/h11-12,18,22,24H,5-10H2,1-4H3,(H,19,23)/b14-11-,18-13?. The number of piperidine rings is 1. The second-order valence-corrected chi connectivity index (χ2v) is 9.97. The molecule has 1 heterocycles. The average Bonchev–Trinajstić information content (AvgIpc) is 3.32. The highest BCUT2D eigenvalue weighted by atomic mass is 32.2. The van der Waals surface area contributed by atoms with Crippen LogP contribution in [0.2, 0.25) is 0 Å². The minimum Gasteiger partial charge on any atom is -0.494 e. The average molecular weight is 403 g/mol.